The van der Waals surface area contributed by atoms with Crippen LogP contribution in [-0.4, -0.2) is 17.8 Å². The van der Waals surface area contributed by atoms with Gasteiger partial charge in [-0.05, 0) is 30.2 Å². The predicted octanol–water partition coefficient (Wildman–Crippen LogP) is 0.991. The summed E-state index contributed by atoms with van der Waals surface area (Å²) in [6.07, 6.45) is 5.63. The number of halogens is 1. The lowest BCUT2D eigenvalue weighted by Crippen LogP contribution is -2.57. The second-order valence-electron chi connectivity index (χ2n) is 4.06. The average Bonchev–Trinajstić information content (AvgIpc) is 2.26. The molecule has 0 amide bonds. The SMILES string of the molecule is NC1C=NC=CC1(N)Cc1ccc(F)cc1. The van der Waals surface area contributed by atoms with Crippen LogP contribution in [0.1, 0.15) is 5.56 Å². The number of aliphatic imine (C=N–C) groups is 1. The summed E-state index contributed by atoms with van der Waals surface area (Å²) in [4.78, 5) is 3.94. The van der Waals surface area contributed by atoms with Crippen molar-refractivity contribution in [1.29, 1.82) is 0 Å². The molecule has 1 aromatic carbocycles. The lowest BCUT2D eigenvalue weighted by molar-refractivity contribution is 0.487. The smallest absolute Gasteiger partial charge is 0.123 e. The molecule has 0 spiro atoms. The van der Waals surface area contributed by atoms with Crippen molar-refractivity contribution in [3.05, 3.63) is 47.9 Å². The molecule has 0 aromatic heterocycles. The maximum atomic E-state index is 12.7. The van der Waals surface area contributed by atoms with Gasteiger partial charge in [0.05, 0.1) is 11.6 Å². The Bertz CT molecular complexity index is 424. The molecular formula is C12H14FN3. The third kappa shape index (κ3) is 2.18. The summed E-state index contributed by atoms with van der Waals surface area (Å²) in [6, 6.07) is 5.96. The van der Waals surface area contributed by atoms with Gasteiger partial charge >= 0.3 is 0 Å². The predicted molar refractivity (Wildman–Crippen MR) is 62.6 cm³/mol. The summed E-state index contributed by atoms with van der Waals surface area (Å²) < 4.78 is 12.7. The summed E-state index contributed by atoms with van der Waals surface area (Å²) in [5, 5.41) is 0. The molecule has 1 aliphatic heterocycles. The second-order valence-corrected chi connectivity index (χ2v) is 4.06. The van der Waals surface area contributed by atoms with E-state index in [1.54, 1.807) is 30.6 Å². The Balaban J connectivity index is 2.17. The van der Waals surface area contributed by atoms with Crippen LogP contribution in [0.3, 0.4) is 0 Å². The second kappa shape index (κ2) is 4.15. The number of benzene rings is 1. The lowest BCUT2D eigenvalue weighted by Gasteiger charge is -2.31. The normalized spacial score (nSPS) is 28.3. The van der Waals surface area contributed by atoms with E-state index in [0.717, 1.165) is 5.56 Å². The molecule has 4 N–H and O–H groups in total. The lowest BCUT2D eigenvalue weighted by atomic mass is 9.84. The van der Waals surface area contributed by atoms with Gasteiger partial charge in [-0.15, -0.1) is 0 Å². The maximum absolute atomic E-state index is 12.7. The molecule has 2 atom stereocenters. The van der Waals surface area contributed by atoms with Gasteiger partial charge in [0.2, 0.25) is 0 Å². The summed E-state index contributed by atoms with van der Waals surface area (Å²) in [5.41, 5.74) is 12.4. The van der Waals surface area contributed by atoms with Gasteiger partial charge in [0.15, 0.2) is 0 Å². The first-order valence-electron chi connectivity index (χ1n) is 5.10. The molecule has 1 aliphatic rings. The van der Waals surface area contributed by atoms with Gasteiger partial charge in [-0.3, -0.25) is 4.99 Å². The number of hydrogen-bond donors (Lipinski definition) is 2. The van der Waals surface area contributed by atoms with E-state index < -0.39 is 5.54 Å². The Labute approximate surface area is 93.7 Å². The fraction of sp³-hybridized carbons (Fsp3) is 0.250. The average molecular weight is 219 g/mol. The molecule has 4 heteroatoms. The minimum atomic E-state index is -0.639. The summed E-state index contributed by atoms with van der Waals surface area (Å²) in [6.45, 7) is 0. The van der Waals surface area contributed by atoms with Crippen molar-refractivity contribution in [1.82, 2.24) is 0 Å². The van der Waals surface area contributed by atoms with E-state index in [4.69, 9.17) is 11.5 Å². The highest BCUT2D eigenvalue weighted by molar-refractivity contribution is 5.69. The third-order valence-electron chi connectivity index (χ3n) is 2.76. The van der Waals surface area contributed by atoms with Crippen molar-refractivity contribution in [2.45, 2.75) is 18.0 Å². The molecule has 3 nitrogen and oxygen atoms in total. The van der Waals surface area contributed by atoms with E-state index in [1.165, 1.54) is 12.1 Å². The van der Waals surface area contributed by atoms with Crippen LogP contribution >= 0.6 is 0 Å². The van der Waals surface area contributed by atoms with Crippen molar-refractivity contribution >= 4 is 6.21 Å². The van der Waals surface area contributed by atoms with Crippen molar-refractivity contribution in [2.24, 2.45) is 16.5 Å². The van der Waals surface area contributed by atoms with Crippen molar-refractivity contribution in [3.8, 4) is 0 Å². The van der Waals surface area contributed by atoms with E-state index in [-0.39, 0.29) is 11.9 Å². The van der Waals surface area contributed by atoms with E-state index in [9.17, 15) is 4.39 Å². The highest BCUT2D eigenvalue weighted by Gasteiger charge is 2.30. The molecular weight excluding hydrogens is 205 g/mol. The number of nitrogens with two attached hydrogens (primary N) is 2. The fourth-order valence-corrected chi connectivity index (χ4v) is 1.71. The van der Waals surface area contributed by atoms with Crippen LogP contribution in [0.15, 0.2) is 41.5 Å². The van der Waals surface area contributed by atoms with Gasteiger partial charge in [0, 0.05) is 12.4 Å². The molecule has 1 heterocycles. The first-order valence-corrected chi connectivity index (χ1v) is 5.10. The Kier molecular flexibility index (Phi) is 2.85. The first-order chi connectivity index (χ1) is 7.60. The van der Waals surface area contributed by atoms with Gasteiger partial charge in [-0.25, -0.2) is 4.39 Å². The number of nitrogens with zero attached hydrogens (tertiary/aromatic N) is 1. The van der Waals surface area contributed by atoms with Gasteiger partial charge in [0.1, 0.15) is 5.82 Å². The molecule has 0 saturated carbocycles. The zero-order valence-corrected chi connectivity index (χ0v) is 8.81. The Morgan fingerprint density at radius 1 is 1.31 bits per heavy atom. The van der Waals surface area contributed by atoms with E-state index in [1.807, 2.05) is 0 Å². The van der Waals surface area contributed by atoms with Gasteiger partial charge < -0.3 is 11.5 Å². The third-order valence-corrected chi connectivity index (χ3v) is 2.76. The molecule has 0 aliphatic carbocycles. The molecule has 84 valence electrons. The first kappa shape index (κ1) is 11.0. The van der Waals surface area contributed by atoms with Gasteiger partial charge in [0.25, 0.3) is 0 Å². The Hall–Kier alpha value is -1.52. The molecule has 16 heavy (non-hydrogen) atoms. The van der Waals surface area contributed by atoms with Crippen LogP contribution in [0.4, 0.5) is 4.39 Å². The van der Waals surface area contributed by atoms with Crippen LogP contribution in [-0.2, 0) is 6.42 Å². The van der Waals surface area contributed by atoms with E-state index in [0.29, 0.717) is 6.42 Å². The molecule has 2 unspecified atom stereocenters. The molecule has 0 fully saturated rings. The number of rotatable bonds is 2. The monoisotopic (exact) mass is 219 g/mol. The topological polar surface area (TPSA) is 64.4 Å². The zero-order valence-electron chi connectivity index (χ0n) is 8.81. The van der Waals surface area contributed by atoms with E-state index in [2.05, 4.69) is 4.99 Å². The van der Waals surface area contributed by atoms with Crippen molar-refractivity contribution < 1.29 is 4.39 Å². The molecule has 0 saturated heterocycles. The Morgan fingerprint density at radius 2 is 2.00 bits per heavy atom. The molecule has 0 radical (unpaired) electrons. The van der Waals surface area contributed by atoms with Crippen LogP contribution in [0, 0.1) is 5.82 Å². The standard InChI is InChI=1S/C12H14FN3/c13-10-3-1-9(2-4-10)7-12(15)5-6-16-8-11(12)14/h1-6,8,11H,7,14-15H2. The largest absolute Gasteiger partial charge is 0.321 e. The minimum Gasteiger partial charge on any atom is -0.321 e. The highest BCUT2D eigenvalue weighted by Crippen LogP contribution is 2.18. The van der Waals surface area contributed by atoms with Crippen molar-refractivity contribution in [3.63, 3.8) is 0 Å². The molecule has 0 bridgehead atoms. The summed E-state index contributed by atoms with van der Waals surface area (Å²) >= 11 is 0. The molecule has 1 aromatic rings. The quantitative estimate of drug-likeness (QED) is 0.779. The van der Waals surface area contributed by atoms with Crippen LogP contribution in [0.5, 0.6) is 0 Å². The fourth-order valence-electron chi connectivity index (χ4n) is 1.71. The van der Waals surface area contributed by atoms with E-state index >= 15 is 0 Å². The summed E-state index contributed by atoms with van der Waals surface area (Å²) in [7, 11) is 0. The minimum absolute atomic E-state index is 0.250. The van der Waals surface area contributed by atoms with Crippen LogP contribution in [0.2, 0.25) is 0 Å². The van der Waals surface area contributed by atoms with Gasteiger partial charge in [-0.1, -0.05) is 12.1 Å². The van der Waals surface area contributed by atoms with Gasteiger partial charge in [-0.2, -0.15) is 0 Å². The van der Waals surface area contributed by atoms with Crippen LogP contribution < -0.4 is 11.5 Å². The van der Waals surface area contributed by atoms with Crippen LogP contribution in [0.25, 0.3) is 0 Å². The summed E-state index contributed by atoms with van der Waals surface area (Å²) in [5.74, 6) is -0.250. The molecule has 2 rings (SSSR count). The number of hydrogen-bond acceptors (Lipinski definition) is 3. The Morgan fingerprint density at radius 3 is 2.62 bits per heavy atom. The van der Waals surface area contributed by atoms with Crippen molar-refractivity contribution in [2.75, 3.05) is 0 Å². The zero-order chi connectivity index (χ0) is 11.6. The highest BCUT2D eigenvalue weighted by atomic mass is 19.1. The maximum Gasteiger partial charge on any atom is 0.123 e.